The van der Waals surface area contributed by atoms with Crippen LogP contribution in [-0.2, 0) is 4.79 Å². The largest absolute Gasteiger partial charge is 0.467 e. The number of carbonyl (C=O) groups excluding carboxylic acids is 1. The molecule has 0 saturated heterocycles. The molecule has 0 saturated carbocycles. The first kappa shape index (κ1) is 13.7. The summed E-state index contributed by atoms with van der Waals surface area (Å²) in [7, 11) is 0. The first-order valence-corrected chi connectivity index (χ1v) is 5.81. The summed E-state index contributed by atoms with van der Waals surface area (Å²) in [5.74, 6) is 0.545. The Morgan fingerprint density at radius 3 is 2.88 bits per heavy atom. The molecule has 96 valence electrons. The Morgan fingerprint density at radius 2 is 2.29 bits per heavy atom. The van der Waals surface area contributed by atoms with E-state index in [9.17, 15) is 9.90 Å². The van der Waals surface area contributed by atoms with Crippen molar-refractivity contribution in [1.82, 2.24) is 10.6 Å². The van der Waals surface area contributed by atoms with Gasteiger partial charge in [-0.25, -0.2) is 0 Å². The number of rotatable bonds is 7. The predicted octanol–water partition coefficient (Wildman–Crippen LogP) is 0.817. The zero-order valence-corrected chi connectivity index (χ0v) is 10.3. The summed E-state index contributed by atoms with van der Waals surface area (Å²) in [5, 5.41) is 15.5. The van der Waals surface area contributed by atoms with Crippen molar-refractivity contribution in [2.45, 2.75) is 32.4 Å². The van der Waals surface area contributed by atoms with Crippen LogP contribution < -0.4 is 10.6 Å². The number of hydrogen-bond donors (Lipinski definition) is 3. The van der Waals surface area contributed by atoms with Gasteiger partial charge in [0.25, 0.3) is 0 Å². The average Bonchev–Trinajstić information content (AvgIpc) is 2.76. The van der Waals surface area contributed by atoms with Gasteiger partial charge in [-0.1, -0.05) is 0 Å². The SMILES string of the molecule is CC(C)NC(=O)CCNCC(O)c1ccco1. The molecule has 0 aliphatic carbocycles. The second-order valence-electron chi connectivity index (χ2n) is 4.21. The number of hydrogen-bond acceptors (Lipinski definition) is 4. The zero-order valence-electron chi connectivity index (χ0n) is 10.3. The minimum atomic E-state index is -0.668. The van der Waals surface area contributed by atoms with E-state index in [1.807, 2.05) is 13.8 Å². The van der Waals surface area contributed by atoms with Gasteiger partial charge < -0.3 is 20.2 Å². The summed E-state index contributed by atoms with van der Waals surface area (Å²) in [6.45, 7) is 4.76. The third kappa shape index (κ3) is 5.51. The monoisotopic (exact) mass is 240 g/mol. The number of furan rings is 1. The lowest BCUT2D eigenvalue weighted by Gasteiger charge is -2.10. The Labute approximate surface area is 101 Å². The van der Waals surface area contributed by atoms with Gasteiger partial charge in [-0.05, 0) is 26.0 Å². The van der Waals surface area contributed by atoms with Gasteiger partial charge in [0.15, 0.2) is 0 Å². The molecule has 1 aromatic rings. The van der Waals surface area contributed by atoms with Crippen molar-refractivity contribution in [3.63, 3.8) is 0 Å². The van der Waals surface area contributed by atoms with Gasteiger partial charge in [0, 0.05) is 25.6 Å². The zero-order chi connectivity index (χ0) is 12.7. The molecule has 0 radical (unpaired) electrons. The van der Waals surface area contributed by atoms with Crippen LogP contribution in [0.3, 0.4) is 0 Å². The van der Waals surface area contributed by atoms with Gasteiger partial charge in [-0.3, -0.25) is 4.79 Å². The molecule has 0 aromatic carbocycles. The average molecular weight is 240 g/mol. The maximum Gasteiger partial charge on any atom is 0.221 e. The molecule has 5 nitrogen and oxygen atoms in total. The van der Waals surface area contributed by atoms with E-state index in [-0.39, 0.29) is 11.9 Å². The fourth-order valence-corrected chi connectivity index (χ4v) is 1.42. The lowest BCUT2D eigenvalue weighted by Crippen LogP contribution is -2.33. The fourth-order valence-electron chi connectivity index (χ4n) is 1.42. The second-order valence-corrected chi connectivity index (χ2v) is 4.21. The topological polar surface area (TPSA) is 74.5 Å². The van der Waals surface area contributed by atoms with Crippen molar-refractivity contribution < 1.29 is 14.3 Å². The summed E-state index contributed by atoms with van der Waals surface area (Å²) in [6.07, 6.45) is 1.26. The molecule has 1 unspecified atom stereocenters. The summed E-state index contributed by atoms with van der Waals surface area (Å²) in [6, 6.07) is 3.61. The Kier molecular flexibility index (Phi) is 5.72. The molecule has 0 spiro atoms. The van der Waals surface area contributed by atoms with Crippen LogP contribution in [0.1, 0.15) is 32.1 Å². The van der Waals surface area contributed by atoms with Gasteiger partial charge in [0.2, 0.25) is 5.91 Å². The highest BCUT2D eigenvalue weighted by molar-refractivity contribution is 5.76. The van der Waals surface area contributed by atoms with Crippen LogP contribution in [0.5, 0.6) is 0 Å². The highest BCUT2D eigenvalue weighted by Crippen LogP contribution is 2.11. The van der Waals surface area contributed by atoms with Crippen molar-refractivity contribution in [3.8, 4) is 0 Å². The van der Waals surface area contributed by atoms with E-state index in [4.69, 9.17) is 4.42 Å². The number of aliphatic hydroxyl groups excluding tert-OH is 1. The molecule has 0 aliphatic heterocycles. The molecule has 17 heavy (non-hydrogen) atoms. The molecular weight excluding hydrogens is 220 g/mol. The van der Waals surface area contributed by atoms with Crippen LogP contribution in [0.25, 0.3) is 0 Å². The van der Waals surface area contributed by atoms with E-state index in [1.165, 1.54) is 6.26 Å². The van der Waals surface area contributed by atoms with Gasteiger partial charge in [0.1, 0.15) is 11.9 Å². The summed E-state index contributed by atoms with van der Waals surface area (Å²) < 4.78 is 5.06. The van der Waals surface area contributed by atoms with E-state index < -0.39 is 6.10 Å². The molecule has 1 aromatic heterocycles. The van der Waals surface area contributed by atoms with Crippen molar-refractivity contribution in [1.29, 1.82) is 0 Å². The quantitative estimate of drug-likeness (QED) is 0.617. The molecule has 1 heterocycles. The molecule has 1 atom stereocenters. The Bertz CT molecular complexity index is 323. The van der Waals surface area contributed by atoms with Crippen LogP contribution in [0.15, 0.2) is 22.8 Å². The molecule has 1 amide bonds. The fraction of sp³-hybridized carbons (Fsp3) is 0.583. The third-order valence-electron chi connectivity index (χ3n) is 2.19. The van der Waals surface area contributed by atoms with Crippen molar-refractivity contribution >= 4 is 5.91 Å². The molecule has 5 heteroatoms. The van der Waals surface area contributed by atoms with E-state index in [0.717, 1.165) is 0 Å². The third-order valence-corrected chi connectivity index (χ3v) is 2.19. The highest BCUT2D eigenvalue weighted by Gasteiger charge is 2.09. The van der Waals surface area contributed by atoms with Crippen molar-refractivity contribution in [2.75, 3.05) is 13.1 Å². The molecule has 0 aliphatic rings. The lowest BCUT2D eigenvalue weighted by molar-refractivity contribution is -0.121. The molecule has 1 rings (SSSR count). The number of nitrogens with one attached hydrogen (secondary N) is 2. The Morgan fingerprint density at radius 1 is 1.53 bits per heavy atom. The first-order chi connectivity index (χ1) is 8.09. The van der Waals surface area contributed by atoms with Gasteiger partial charge in [-0.2, -0.15) is 0 Å². The standard InChI is InChI=1S/C12H20N2O3/c1-9(2)14-12(16)5-6-13-8-10(15)11-4-3-7-17-11/h3-4,7,9-10,13,15H,5-6,8H2,1-2H3,(H,14,16). The van der Waals surface area contributed by atoms with Crippen LogP contribution in [0.4, 0.5) is 0 Å². The molecule has 0 bridgehead atoms. The predicted molar refractivity (Wildman–Crippen MR) is 64.4 cm³/mol. The van der Waals surface area contributed by atoms with E-state index >= 15 is 0 Å². The summed E-state index contributed by atoms with van der Waals surface area (Å²) in [5.41, 5.74) is 0. The lowest BCUT2D eigenvalue weighted by atomic mass is 10.2. The summed E-state index contributed by atoms with van der Waals surface area (Å²) in [4.78, 5) is 11.3. The van der Waals surface area contributed by atoms with Gasteiger partial charge in [-0.15, -0.1) is 0 Å². The Hall–Kier alpha value is -1.33. The van der Waals surface area contributed by atoms with Gasteiger partial charge >= 0.3 is 0 Å². The first-order valence-electron chi connectivity index (χ1n) is 5.81. The van der Waals surface area contributed by atoms with Crippen molar-refractivity contribution in [2.24, 2.45) is 0 Å². The molecule has 3 N–H and O–H groups in total. The Balaban J connectivity index is 2.10. The van der Waals surface area contributed by atoms with Crippen molar-refractivity contribution in [3.05, 3.63) is 24.2 Å². The second kappa shape index (κ2) is 7.09. The highest BCUT2D eigenvalue weighted by atomic mass is 16.4. The van der Waals surface area contributed by atoms with Crippen LogP contribution in [0.2, 0.25) is 0 Å². The number of amides is 1. The van der Waals surface area contributed by atoms with Crippen LogP contribution in [-0.4, -0.2) is 30.1 Å². The molecule has 0 fully saturated rings. The minimum Gasteiger partial charge on any atom is -0.467 e. The maximum atomic E-state index is 11.3. The number of carbonyl (C=O) groups is 1. The smallest absolute Gasteiger partial charge is 0.221 e. The van der Waals surface area contributed by atoms with Crippen LogP contribution in [0, 0.1) is 0 Å². The van der Waals surface area contributed by atoms with Crippen LogP contribution >= 0.6 is 0 Å². The van der Waals surface area contributed by atoms with E-state index in [0.29, 0.717) is 25.3 Å². The van der Waals surface area contributed by atoms with Gasteiger partial charge in [0.05, 0.1) is 6.26 Å². The molecular formula is C12H20N2O3. The maximum absolute atomic E-state index is 11.3. The summed E-state index contributed by atoms with van der Waals surface area (Å²) >= 11 is 0. The van der Waals surface area contributed by atoms with E-state index in [2.05, 4.69) is 10.6 Å². The minimum absolute atomic E-state index is 0.0139. The van der Waals surface area contributed by atoms with E-state index in [1.54, 1.807) is 12.1 Å². The normalized spacial score (nSPS) is 12.7. The number of aliphatic hydroxyl groups is 1.